The van der Waals surface area contributed by atoms with Crippen LogP contribution in [0.1, 0.15) is 40.7 Å². The third kappa shape index (κ3) is 5.45. The number of anilines is 1. The second-order valence-electron chi connectivity index (χ2n) is 7.51. The normalized spacial score (nSPS) is 16.2. The van der Waals surface area contributed by atoms with Crippen LogP contribution in [0.4, 0.5) is 18.6 Å². The summed E-state index contributed by atoms with van der Waals surface area (Å²) in [4.78, 5) is 26.1. The molecule has 1 atom stereocenters. The van der Waals surface area contributed by atoms with Crippen molar-refractivity contribution in [2.24, 2.45) is 0 Å². The number of amides is 2. The Morgan fingerprint density at radius 3 is 2.84 bits per heavy atom. The van der Waals surface area contributed by atoms with Gasteiger partial charge >= 0.3 is 12.0 Å². The molecule has 1 aromatic heterocycles. The molecule has 2 heterocycles. The number of aryl methyl sites for hydroxylation is 1. The summed E-state index contributed by atoms with van der Waals surface area (Å²) in [5.74, 6) is -3.62. The zero-order valence-corrected chi connectivity index (χ0v) is 19.1. The van der Waals surface area contributed by atoms with E-state index in [0.717, 1.165) is 31.9 Å². The molecule has 1 saturated heterocycles. The van der Waals surface area contributed by atoms with Crippen LogP contribution in [-0.2, 0) is 6.61 Å². The number of urea groups is 1. The molecule has 0 saturated carbocycles. The number of hydrogen-bond donors (Lipinski definition) is 3. The average molecular weight is 489 g/mol. The first-order valence-electron chi connectivity index (χ1n) is 9.92. The van der Waals surface area contributed by atoms with Crippen LogP contribution >= 0.6 is 23.1 Å². The van der Waals surface area contributed by atoms with Crippen molar-refractivity contribution in [3.05, 3.63) is 39.4 Å². The van der Waals surface area contributed by atoms with E-state index in [1.54, 1.807) is 0 Å². The third-order valence-corrected chi connectivity index (χ3v) is 6.53. The number of carboxylic acid groups (broad SMARTS) is 1. The van der Waals surface area contributed by atoms with Gasteiger partial charge < -0.3 is 20.1 Å². The van der Waals surface area contributed by atoms with Crippen LogP contribution in [0, 0.1) is 18.6 Å². The van der Waals surface area contributed by atoms with Crippen LogP contribution in [0.25, 0.3) is 0 Å². The average Bonchev–Trinajstić information content (AvgIpc) is 3.32. The zero-order valence-electron chi connectivity index (χ0n) is 17.5. The number of halogens is 3. The molecule has 0 spiro atoms. The second-order valence-corrected chi connectivity index (χ2v) is 8.67. The SMILES string of the molecule is Cc1cc(F)c(COc2nsc(NC(=O)NCCC3CCCN3C)c2C(=O)O)c(F)c1Cl. The molecule has 2 aromatic rings. The first-order valence-corrected chi connectivity index (χ1v) is 11.1. The van der Waals surface area contributed by atoms with E-state index in [0.29, 0.717) is 24.1 Å². The fraction of sp³-hybridized carbons (Fsp3) is 0.450. The van der Waals surface area contributed by atoms with Gasteiger partial charge in [-0.05, 0) is 62.9 Å². The van der Waals surface area contributed by atoms with E-state index in [9.17, 15) is 23.5 Å². The van der Waals surface area contributed by atoms with E-state index in [2.05, 4.69) is 19.9 Å². The lowest BCUT2D eigenvalue weighted by Gasteiger charge is -2.19. The van der Waals surface area contributed by atoms with E-state index in [-0.39, 0.29) is 21.5 Å². The Morgan fingerprint density at radius 2 is 2.19 bits per heavy atom. The van der Waals surface area contributed by atoms with Crippen molar-refractivity contribution < 1.29 is 28.2 Å². The van der Waals surface area contributed by atoms with Gasteiger partial charge in [0, 0.05) is 12.6 Å². The molecule has 174 valence electrons. The van der Waals surface area contributed by atoms with Gasteiger partial charge in [-0.25, -0.2) is 18.4 Å². The standard InChI is InChI=1S/C20H23ClF2N4O4S/c1-10-8-13(22)12(16(23)15(10)21)9-31-17-14(19(28)29)18(32-26-17)25-20(30)24-6-5-11-4-3-7-27(11)2/h8,11H,3-7,9H2,1-2H3,(H,28,29)(H2,24,25,30). The summed E-state index contributed by atoms with van der Waals surface area (Å²) < 4.78 is 37.5. The van der Waals surface area contributed by atoms with Gasteiger partial charge in [-0.3, -0.25) is 5.32 Å². The van der Waals surface area contributed by atoms with Crippen LogP contribution in [0.15, 0.2) is 6.07 Å². The van der Waals surface area contributed by atoms with E-state index >= 15 is 0 Å². The van der Waals surface area contributed by atoms with Crippen molar-refractivity contribution in [3.63, 3.8) is 0 Å². The van der Waals surface area contributed by atoms with Crippen molar-refractivity contribution in [2.75, 3.05) is 25.5 Å². The maximum Gasteiger partial charge on any atom is 0.344 e. The lowest BCUT2D eigenvalue weighted by atomic mass is 10.1. The van der Waals surface area contributed by atoms with E-state index in [1.165, 1.54) is 6.92 Å². The number of carbonyl (C=O) groups excluding carboxylic acids is 1. The number of likely N-dealkylation sites (tertiary alicyclic amines) is 1. The van der Waals surface area contributed by atoms with Gasteiger partial charge in [0.25, 0.3) is 0 Å². The predicted octanol–water partition coefficient (Wildman–Crippen LogP) is 4.27. The van der Waals surface area contributed by atoms with Gasteiger partial charge in [-0.1, -0.05) is 11.6 Å². The van der Waals surface area contributed by atoms with Gasteiger partial charge in [-0.15, -0.1) is 0 Å². The Labute approximate surface area is 192 Å². The number of nitrogens with one attached hydrogen (secondary N) is 2. The van der Waals surface area contributed by atoms with Crippen LogP contribution in [0.2, 0.25) is 5.02 Å². The minimum absolute atomic E-state index is 0.0501. The number of aromatic carboxylic acids is 1. The molecule has 0 radical (unpaired) electrons. The number of hydrogen-bond acceptors (Lipinski definition) is 6. The molecule has 1 aliphatic heterocycles. The molecular formula is C20H23ClF2N4O4S. The number of nitrogens with zero attached hydrogens (tertiary/aromatic N) is 2. The van der Waals surface area contributed by atoms with E-state index in [4.69, 9.17) is 16.3 Å². The summed E-state index contributed by atoms with van der Waals surface area (Å²) in [6.07, 6.45) is 2.98. The molecule has 1 unspecified atom stereocenters. The number of ether oxygens (including phenoxy) is 1. The highest BCUT2D eigenvalue weighted by atomic mass is 35.5. The number of carboxylic acids is 1. The largest absolute Gasteiger partial charge is 0.477 e. The van der Waals surface area contributed by atoms with Crippen LogP contribution in [0.3, 0.4) is 0 Å². The first-order chi connectivity index (χ1) is 15.2. The molecule has 32 heavy (non-hydrogen) atoms. The van der Waals surface area contributed by atoms with Gasteiger partial charge in [-0.2, -0.15) is 4.37 Å². The quantitative estimate of drug-likeness (QED) is 0.479. The minimum Gasteiger partial charge on any atom is -0.477 e. The Kier molecular flexibility index (Phi) is 7.86. The summed E-state index contributed by atoms with van der Waals surface area (Å²) >= 11 is 6.50. The van der Waals surface area contributed by atoms with Crippen molar-refractivity contribution >= 4 is 40.1 Å². The van der Waals surface area contributed by atoms with Gasteiger partial charge in [0.2, 0.25) is 5.88 Å². The fourth-order valence-electron chi connectivity index (χ4n) is 3.52. The summed E-state index contributed by atoms with van der Waals surface area (Å²) in [5, 5.41) is 14.4. The molecule has 0 bridgehead atoms. The van der Waals surface area contributed by atoms with Crippen LogP contribution in [0.5, 0.6) is 5.88 Å². The molecule has 12 heteroatoms. The van der Waals surface area contributed by atoms with E-state index in [1.807, 2.05) is 7.05 Å². The molecule has 3 N–H and O–H groups in total. The Morgan fingerprint density at radius 1 is 1.44 bits per heavy atom. The predicted molar refractivity (Wildman–Crippen MR) is 117 cm³/mol. The maximum atomic E-state index is 14.3. The number of carbonyl (C=O) groups is 2. The Balaban J connectivity index is 1.63. The molecule has 8 nitrogen and oxygen atoms in total. The Hall–Kier alpha value is -2.50. The Bertz CT molecular complexity index is 1020. The summed E-state index contributed by atoms with van der Waals surface area (Å²) in [6, 6.07) is 0.888. The van der Waals surface area contributed by atoms with Crippen molar-refractivity contribution in [2.45, 2.75) is 38.8 Å². The highest BCUT2D eigenvalue weighted by Gasteiger charge is 2.25. The maximum absolute atomic E-state index is 14.3. The molecule has 1 aromatic carbocycles. The monoisotopic (exact) mass is 488 g/mol. The minimum atomic E-state index is -1.40. The van der Waals surface area contributed by atoms with Crippen molar-refractivity contribution in [3.8, 4) is 5.88 Å². The number of rotatable bonds is 8. The zero-order chi connectivity index (χ0) is 23.4. The topological polar surface area (TPSA) is 104 Å². The summed E-state index contributed by atoms with van der Waals surface area (Å²) in [5.41, 5.74) is -0.629. The molecular weight excluding hydrogens is 466 g/mol. The third-order valence-electron chi connectivity index (χ3n) is 5.32. The van der Waals surface area contributed by atoms with E-state index < -0.39 is 41.4 Å². The van der Waals surface area contributed by atoms with Crippen LogP contribution < -0.4 is 15.4 Å². The lowest BCUT2D eigenvalue weighted by Crippen LogP contribution is -2.34. The molecule has 1 fully saturated rings. The number of aromatic nitrogens is 1. The summed E-state index contributed by atoms with van der Waals surface area (Å²) in [6.45, 7) is 2.29. The fourth-order valence-corrected chi connectivity index (χ4v) is 4.41. The lowest BCUT2D eigenvalue weighted by molar-refractivity contribution is 0.0693. The van der Waals surface area contributed by atoms with Crippen molar-refractivity contribution in [1.82, 2.24) is 14.6 Å². The molecule has 2 amide bonds. The van der Waals surface area contributed by atoms with Crippen molar-refractivity contribution in [1.29, 1.82) is 0 Å². The van der Waals surface area contributed by atoms with Gasteiger partial charge in [0.05, 0.1) is 10.6 Å². The van der Waals surface area contributed by atoms with Gasteiger partial charge in [0.15, 0.2) is 11.4 Å². The highest BCUT2D eigenvalue weighted by molar-refractivity contribution is 7.11. The highest BCUT2D eigenvalue weighted by Crippen LogP contribution is 2.32. The van der Waals surface area contributed by atoms with Gasteiger partial charge in [0.1, 0.15) is 17.4 Å². The summed E-state index contributed by atoms with van der Waals surface area (Å²) in [7, 11) is 2.04. The smallest absolute Gasteiger partial charge is 0.344 e. The molecule has 3 rings (SSSR count). The first kappa shape index (κ1) is 24.1. The second kappa shape index (κ2) is 10.4. The molecule has 0 aliphatic carbocycles. The van der Waals surface area contributed by atoms with Crippen LogP contribution in [-0.4, -0.2) is 52.6 Å². The number of benzene rings is 1. The molecule has 1 aliphatic rings.